The van der Waals surface area contributed by atoms with Crippen molar-refractivity contribution >= 4 is 51.8 Å². The summed E-state index contributed by atoms with van der Waals surface area (Å²) >= 11 is 1.20. The van der Waals surface area contributed by atoms with Crippen molar-refractivity contribution in [2.24, 2.45) is 0 Å². The summed E-state index contributed by atoms with van der Waals surface area (Å²) in [6.07, 6.45) is 1.42. The summed E-state index contributed by atoms with van der Waals surface area (Å²) in [7, 11) is 3.78. The molecule has 3 N–H and O–H groups in total. The lowest BCUT2D eigenvalue weighted by molar-refractivity contribution is 0.0954. The third kappa shape index (κ3) is 4.82. The molecule has 2 aromatic heterocycles. The Morgan fingerprint density at radius 1 is 1.29 bits per heavy atom. The second-order valence-corrected chi connectivity index (χ2v) is 7.50. The standard InChI is InChI=1S/C18H21BFN6OS/c1-10(2)19-12-8-11(20)4-5-13(12)25-15-14-17(24-9-23-15)28-18(26-14)16(27)22-7-6-21-3/h4-5,8-10,21H,6-7H2,1-3H3,(H,22,27)(H,23,24,25). The monoisotopic (exact) mass is 399 g/mol. The number of thiazole rings is 1. The van der Waals surface area contributed by atoms with Gasteiger partial charge in [-0.15, -0.1) is 0 Å². The molecule has 0 saturated heterocycles. The smallest absolute Gasteiger partial charge is 0.280 e. The van der Waals surface area contributed by atoms with Gasteiger partial charge in [0, 0.05) is 18.8 Å². The van der Waals surface area contributed by atoms with Gasteiger partial charge in [-0.25, -0.2) is 19.3 Å². The van der Waals surface area contributed by atoms with Gasteiger partial charge in [0.25, 0.3) is 5.91 Å². The lowest BCUT2D eigenvalue weighted by Crippen LogP contribution is -2.30. The van der Waals surface area contributed by atoms with Crippen LogP contribution >= 0.6 is 11.3 Å². The second kappa shape index (κ2) is 9.07. The zero-order chi connectivity index (χ0) is 20.1. The third-order valence-corrected chi connectivity index (χ3v) is 4.79. The fourth-order valence-electron chi connectivity index (χ4n) is 2.59. The molecule has 1 radical (unpaired) electrons. The largest absolute Gasteiger partial charge is 0.349 e. The van der Waals surface area contributed by atoms with Gasteiger partial charge in [-0.2, -0.15) is 0 Å². The molecule has 7 nitrogen and oxygen atoms in total. The van der Waals surface area contributed by atoms with Crippen molar-refractivity contribution in [2.75, 3.05) is 25.5 Å². The summed E-state index contributed by atoms with van der Waals surface area (Å²) in [6.45, 7) is 5.23. The highest BCUT2D eigenvalue weighted by molar-refractivity contribution is 7.19. The van der Waals surface area contributed by atoms with E-state index in [-0.39, 0.29) is 17.5 Å². The minimum atomic E-state index is -0.306. The molecule has 0 aliphatic rings. The highest BCUT2D eigenvalue weighted by Gasteiger charge is 2.17. The van der Waals surface area contributed by atoms with E-state index in [0.717, 1.165) is 5.46 Å². The molecule has 0 saturated carbocycles. The molecule has 0 atom stereocenters. The van der Waals surface area contributed by atoms with Gasteiger partial charge in [-0.05, 0) is 25.2 Å². The molecule has 0 fully saturated rings. The summed E-state index contributed by atoms with van der Waals surface area (Å²) in [5, 5.41) is 9.29. The van der Waals surface area contributed by atoms with Gasteiger partial charge in [0.15, 0.2) is 18.1 Å². The Balaban J connectivity index is 1.89. The molecule has 0 aliphatic carbocycles. The number of anilines is 2. The second-order valence-electron chi connectivity index (χ2n) is 6.52. The van der Waals surface area contributed by atoms with Crippen LogP contribution in [0.3, 0.4) is 0 Å². The minimum Gasteiger partial charge on any atom is -0.349 e. The number of hydrogen-bond acceptors (Lipinski definition) is 7. The van der Waals surface area contributed by atoms with E-state index in [2.05, 4.69) is 30.9 Å². The maximum Gasteiger partial charge on any atom is 0.280 e. The molecule has 10 heteroatoms. The van der Waals surface area contributed by atoms with Gasteiger partial charge in [0.1, 0.15) is 22.5 Å². The molecular weight excluding hydrogens is 378 g/mol. The van der Waals surface area contributed by atoms with Gasteiger partial charge in [-0.3, -0.25) is 4.79 Å². The average Bonchev–Trinajstić information content (AvgIpc) is 3.09. The molecule has 3 rings (SSSR count). The first-order valence-corrected chi connectivity index (χ1v) is 9.75. The van der Waals surface area contributed by atoms with Crippen LogP contribution in [0.4, 0.5) is 15.9 Å². The number of nitrogens with zero attached hydrogens (tertiary/aromatic N) is 3. The highest BCUT2D eigenvalue weighted by atomic mass is 32.1. The van der Waals surface area contributed by atoms with Crippen LogP contribution in [0, 0.1) is 5.82 Å². The molecule has 1 aromatic carbocycles. The van der Waals surface area contributed by atoms with Crippen molar-refractivity contribution in [3.63, 3.8) is 0 Å². The van der Waals surface area contributed by atoms with Crippen LogP contribution in [0.5, 0.6) is 0 Å². The molecular formula is C18H21BFN6OS. The summed E-state index contributed by atoms with van der Waals surface area (Å²) in [5.74, 6) is 0.166. The number of fused-ring (bicyclic) bond motifs is 1. The van der Waals surface area contributed by atoms with E-state index in [1.54, 1.807) is 6.07 Å². The van der Waals surface area contributed by atoms with Crippen LogP contribution in [0.1, 0.15) is 23.6 Å². The van der Waals surface area contributed by atoms with E-state index in [0.29, 0.717) is 39.9 Å². The maximum absolute atomic E-state index is 13.7. The number of benzene rings is 1. The number of carbonyl (C=O) groups excluding carboxylic acids is 1. The third-order valence-electron chi connectivity index (χ3n) is 3.83. The SMILES string of the molecule is CNCCNC(=O)c1nc2c(Nc3ccc(F)cc3[B]C(C)C)ncnc2s1. The summed E-state index contributed by atoms with van der Waals surface area (Å²) in [4.78, 5) is 25.8. The Labute approximate surface area is 167 Å². The van der Waals surface area contributed by atoms with E-state index in [9.17, 15) is 9.18 Å². The summed E-state index contributed by atoms with van der Waals surface area (Å²) < 4.78 is 13.7. The predicted octanol–water partition coefficient (Wildman–Crippen LogP) is 2.08. The Bertz CT molecular complexity index is 980. The number of amides is 1. The van der Waals surface area contributed by atoms with E-state index in [1.165, 1.54) is 29.8 Å². The zero-order valence-corrected chi connectivity index (χ0v) is 16.7. The van der Waals surface area contributed by atoms with Gasteiger partial charge in [0.2, 0.25) is 0 Å². The van der Waals surface area contributed by atoms with Crippen LogP contribution in [0.2, 0.25) is 5.82 Å². The molecule has 0 aliphatic heterocycles. The first-order chi connectivity index (χ1) is 13.5. The summed E-state index contributed by atoms with van der Waals surface area (Å²) in [6, 6.07) is 4.53. The minimum absolute atomic E-state index is 0.250. The van der Waals surface area contributed by atoms with E-state index < -0.39 is 0 Å². The quantitative estimate of drug-likeness (QED) is 0.397. The fourth-order valence-corrected chi connectivity index (χ4v) is 3.42. The lowest BCUT2D eigenvalue weighted by atomic mass is 9.60. The molecule has 0 spiro atoms. The maximum atomic E-state index is 13.7. The van der Waals surface area contributed by atoms with E-state index >= 15 is 0 Å². The van der Waals surface area contributed by atoms with Crippen LogP contribution in [0.25, 0.3) is 10.3 Å². The number of hydrogen-bond donors (Lipinski definition) is 3. The zero-order valence-electron chi connectivity index (χ0n) is 15.9. The Kier molecular flexibility index (Phi) is 6.53. The number of carbonyl (C=O) groups is 1. The van der Waals surface area contributed by atoms with E-state index in [4.69, 9.17) is 0 Å². The number of halogens is 1. The van der Waals surface area contributed by atoms with Crippen molar-refractivity contribution in [3.8, 4) is 0 Å². The molecule has 3 aromatic rings. The fraction of sp³-hybridized carbons (Fsp3) is 0.333. The predicted molar refractivity (Wildman–Crippen MR) is 112 cm³/mol. The van der Waals surface area contributed by atoms with Crippen molar-refractivity contribution in [2.45, 2.75) is 19.7 Å². The van der Waals surface area contributed by atoms with Crippen molar-refractivity contribution in [1.82, 2.24) is 25.6 Å². The van der Waals surface area contributed by atoms with Crippen molar-refractivity contribution in [3.05, 3.63) is 35.4 Å². The normalized spacial score (nSPS) is 11.0. The van der Waals surface area contributed by atoms with E-state index in [1.807, 2.05) is 28.2 Å². The Hall–Kier alpha value is -2.59. The van der Waals surface area contributed by atoms with Gasteiger partial charge < -0.3 is 16.0 Å². The molecule has 1 amide bonds. The number of likely N-dealkylation sites (N-methyl/N-ethyl adjacent to an activating group) is 1. The van der Waals surface area contributed by atoms with Crippen molar-refractivity contribution in [1.29, 1.82) is 0 Å². The van der Waals surface area contributed by atoms with Gasteiger partial charge >= 0.3 is 0 Å². The number of nitrogens with one attached hydrogen (secondary N) is 3. The molecule has 28 heavy (non-hydrogen) atoms. The van der Waals surface area contributed by atoms with Crippen LogP contribution in [0.15, 0.2) is 24.5 Å². The van der Waals surface area contributed by atoms with Crippen molar-refractivity contribution < 1.29 is 9.18 Å². The molecule has 2 heterocycles. The highest BCUT2D eigenvalue weighted by Crippen LogP contribution is 2.26. The number of aromatic nitrogens is 3. The number of rotatable bonds is 8. The molecule has 145 valence electrons. The first kappa shape index (κ1) is 20.2. The van der Waals surface area contributed by atoms with Gasteiger partial charge in [-0.1, -0.05) is 36.5 Å². The Morgan fingerprint density at radius 2 is 2.11 bits per heavy atom. The van der Waals surface area contributed by atoms with Crippen LogP contribution in [-0.4, -0.2) is 48.3 Å². The lowest BCUT2D eigenvalue weighted by Gasteiger charge is -2.13. The first-order valence-electron chi connectivity index (χ1n) is 8.93. The average molecular weight is 399 g/mol. The summed E-state index contributed by atoms with van der Waals surface area (Å²) in [5.41, 5.74) is 1.95. The Morgan fingerprint density at radius 3 is 2.86 bits per heavy atom. The topological polar surface area (TPSA) is 91.8 Å². The van der Waals surface area contributed by atoms with Crippen LogP contribution < -0.4 is 21.4 Å². The van der Waals surface area contributed by atoms with Gasteiger partial charge in [0.05, 0.1) is 0 Å². The molecule has 0 unspecified atom stereocenters. The van der Waals surface area contributed by atoms with Crippen LogP contribution in [-0.2, 0) is 0 Å². The molecule has 0 bridgehead atoms.